The van der Waals surface area contributed by atoms with Gasteiger partial charge in [0.1, 0.15) is 10.9 Å². The van der Waals surface area contributed by atoms with Gasteiger partial charge in [0, 0.05) is 12.1 Å². The Hall–Kier alpha value is -1.73. The standard InChI is InChI=1S/C17H17ClN/c1-14(18)17(16-10-6-3-7-11-16)13-19-12-15-8-4-2-5-9-15/h2-11,13-14H,12H2,1H3/q+1/i12D2. The maximum Gasteiger partial charge on any atom is 0.140 e. The van der Waals surface area contributed by atoms with E-state index in [1.54, 1.807) is 30.5 Å². The van der Waals surface area contributed by atoms with Crippen molar-refractivity contribution in [3.05, 3.63) is 77.7 Å². The monoisotopic (exact) mass is 272 g/mol. The molecule has 0 aliphatic carbocycles. The summed E-state index contributed by atoms with van der Waals surface area (Å²) in [4.78, 5) is 4.11. The minimum atomic E-state index is -1.77. The summed E-state index contributed by atoms with van der Waals surface area (Å²) in [5.74, 6) is 0.803. The lowest BCUT2D eigenvalue weighted by Crippen LogP contribution is -2.12. The zero-order valence-corrected chi connectivity index (χ0v) is 11.5. The van der Waals surface area contributed by atoms with Crippen molar-refractivity contribution in [3.8, 4) is 0 Å². The molecule has 0 aromatic heterocycles. The SMILES string of the molecule is [2H]C([2H])(N=C[C+](c1ccccc1)C(C)Cl)c1ccccc1. The van der Waals surface area contributed by atoms with Crippen molar-refractivity contribution < 1.29 is 2.74 Å². The number of nitrogens with zero attached hydrogens (tertiary/aromatic N) is 1. The van der Waals surface area contributed by atoms with Crippen LogP contribution in [0.25, 0.3) is 0 Å². The van der Waals surface area contributed by atoms with Crippen LogP contribution < -0.4 is 0 Å². The summed E-state index contributed by atoms with van der Waals surface area (Å²) < 4.78 is 16.2. The van der Waals surface area contributed by atoms with E-state index in [2.05, 4.69) is 4.99 Å². The van der Waals surface area contributed by atoms with E-state index in [0.717, 1.165) is 11.5 Å². The number of alkyl halides is 1. The molecule has 0 fully saturated rings. The Bertz CT molecular complexity index is 582. The van der Waals surface area contributed by atoms with Crippen molar-refractivity contribution >= 4 is 17.8 Å². The van der Waals surface area contributed by atoms with Gasteiger partial charge in [0.15, 0.2) is 0 Å². The number of benzene rings is 2. The first-order valence-electron chi connectivity index (χ1n) is 7.18. The largest absolute Gasteiger partial charge is 0.274 e. The zero-order chi connectivity index (χ0) is 15.3. The van der Waals surface area contributed by atoms with E-state index in [0.29, 0.717) is 5.56 Å². The van der Waals surface area contributed by atoms with Crippen molar-refractivity contribution in [2.45, 2.75) is 18.8 Å². The molecule has 0 aliphatic rings. The molecule has 19 heavy (non-hydrogen) atoms. The Morgan fingerprint density at radius 3 is 2.32 bits per heavy atom. The van der Waals surface area contributed by atoms with Crippen molar-refractivity contribution in [2.24, 2.45) is 4.99 Å². The lowest BCUT2D eigenvalue weighted by molar-refractivity contribution is 1.03. The second-order valence-electron chi connectivity index (χ2n) is 4.17. The van der Waals surface area contributed by atoms with E-state index in [-0.39, 0.29) is 5.38 Å². The van der Waals surface area contributed by atoms with E-state index in [1.165, 1.54) is 0 Å². The third-order valence-electron chi connectivity index (χ3n) is 2.71. The summed E-state index contributed by atoms with van der Waals surface area (Å²) in [5, 5.41) is -0.247. The normalized spacial score (nSPS) is 14.8. The van der Waals surface area contributed by atoms with Gasteiger partial charge < -0.3 is 0 Å². The van der Waals surface area contributed by atoms with Gasteiger partial charge in [0.2, 0.25) is 0 Å². The molecule has 0 bridgehead atoms. The van der Waals surface area contributed by atoms with Crippen LogP contribution in [0.4, 0.5) is 0 Å². The molecule has 0 radical (unpaired) electrons. The summed E-state index contributed by atoms with van der Waals surface area (Å²) in [6.07, 6.45) is 1.54. The topological polar surface area (TPSA) is 12.4 Å². The zero-order valence-electron chi connectivity index (χ0n) is 12.8. The number of halogens is 1. The first-order valence-corrected chi connectivity index (χ1v) is 6.61. The Kier molecular flexibility index (Phi) is 4.10. The van der Waals surface area contributed by atoms with Crippen LogP contribution in [-0.4, -0.2) is 11.6 Å². The lowest BCUT2D eigenvalue weighted by Gasteiger charge is -2.07. The number of hydrogen-bond donors (Lipinski definition) is 0. The predicted molar refractivity (Wildman–Crippen MR) is 82.7 cm³/mol. The molecule has 0 amide bonds. The van der Waals surface area contributed by atoms with Crippen LogP contribution in [-0.2, 0) is 6.50 Å². The van der Waals surface area contributed by atoms with Crippen LogP contribution >= 0.6 is 11.6 Å². The molecular weight excluding hydrogens is 254 g/mol. The van der Waals surface area contributed by atoms with Crippen LogP contribution in [0.1, 0.15) is 20.8 Å². The molecule has 2 aromatic rings. The van der Waals surface area contributed by atoms with E-state index >= 15 is 0 Å². The Morgan fingerprint density at radius 2 is 1.74 bits per heavy atom. The third-order valence-corrected chi connectivity index (χ3v) is 2.94. The van der Waals surface area contributed by atoms with E-state index in [1.807, 2.05) is 43.3 Å². The molecular formula is C17H17ClN+. The smallest absolute Gasteiger partial charge is 0.140 e. The van der Waals surface area contributed by atoms with Gasteiger partial charge in [0.05, 0.1) is 21.4 Å². The molecule has 96 valence electrons. The molecule has 1 nitrogen and oxygen atoms in total. The highest BCUT2D eigenvalue weighted by Gasteiger charge is 2.22. The van der Waals surface area contributed by atoms with Crippen molar-refractivity contribution in [3.63, 3.8) is 0 Å². The third kappa shape index (κ3) is 4.15. The highest BCUT2D eigenvalue weighted by Crippen LogP contribution is 2.20. The van der Waals surface area contributed by atoms with Crippen molar-refractivity contribution in [1.82, 2.24) is 0 Å². The molecule has 1 unspecified atom stereocenters. The molecule has 2 rings (SSSR count). The van der Waals surface area contributed by atoms with Gasteiger partial charge >= 0.3 is 0 Å². The Labute approximate surface area is 122 Å². The highest BCUT2D eigenvalue weighted by atomic mass is 35.5. The molecule has 0 heterocycles. The van der Waals surface area contributed by atoms with Crippen LogP contribution in [0.3, 0.4) is 0 Å². The van der Waals surface area contributed by atoms with E-state index < -0.39 is 6.50 Å². The van der Waals surface area contributed by atoms with E-state index in [4.69, 9.17) is 14.3 Å². The fourth-order valence-electron chi connectivity index (χ4n) is 1.73. The highest BCUT2D eigenvalue weighted by molar-refractivity contribution is 6.24. The van der Waals surface area contributed by atoms with Crippen LogP contribution in [0, 0.1) is 5.92 Å². The minimum Gasteiger partial charge on any atom is -0.274 e. The summed E-state index contributed by atoms with van der Waals surface area (Å²) in [5.41, 5.74) is 1.48. The van der Waals surface area contributed by atoms with Gasteiger partial charge in [-0.3, -0.25) is 4.99 Å². The van der Waals surface area contributed by atoms with Gasteiger partial charge in [-0.05, 0) is 30.7 Å². The maximum absolute atomic E-state index is 8.08. The second-order valence-corrected chi connectivity index (χ2v) is 4.83. The van der Waals surface area contributed by atoms with Crippen molar-refractivity contribution in [1.29, 1.82) is 0 Å². The van der Waals surface area contributed by atoms with Gasteiger partial charge in [-0.15, -0.1) is 11.6 Å². The summed E-state index contributed by atoms with van der Waals surface area (Å²) in [6, 6.07) is 18.6. The van der Waals surface area contributed by atoms with Gasteiger partial charge in [0.25, 0.3) is 0 Å². The minimum absolute atomic E-state index is 0.247. The molecule has 2 heteroatoms. The van der Waals surface area contributed by atoms with Crippen molar-refractivity contribution in [2.75, 3.05) is 0 Å². The van der Waals surface area contributed by atoms with Gasteiger partial charge in [-0.25, -0.2) is 0 Å². The average Bonchev–Trinajstić information content (AvgIpc) is 2.49. The summed E-state index contributed by atoms with van der Waals surface area (Å²) in [6.45, 7) is 0.0844. The molecule has 0 saturated carbocycles. The lowest BCUT2D eigenvalue weighted by atomic mass is 9.97. The first-order chi connectivity index (χ1) is 10.0. The molecule has 0 aliphatic heterocycles. The quantitative estimate of drug-likeness (QED) is 0.431. The number of rotatable bonds is 5. The van der Waals surface area contributed by atoms with Crippen LogP contribution in [0.2, 0.25) is 0 Å². The number of aliphatic imine (C=N–C) groups is 1. The average molecular weight is 273 g/mol. The maximum atomic E-state index is 8.08. The van der Waals surface area contributed by atoms with Gasteiger partial charge in [-0.1, -0.05) is 30.3 Å². The van der Waals surface area contributed by atoms with Gasteiger partial charge in [-0.2, -0.15) is 0 Å². The second kappa shape index (κ2) is 7.01. The molecule has 0 saturated heterocycles. The fourth-order valence-corrected chi connectivity index (χ4v) is 1.91. The first kappa shape index (κ1) is 11.1. The summed E-state index contributed by atoms with van der Waals surface area (Å²) in [7, 11) is 0. The Morgan fingerprint density at radius 1 is 1.16 bits per heavy atom. The molecule has 1 atom stereocenters. The number of hydrogen-bond acceptors (Lipinski definition) is 1. The summed E-state index contributed by atoms with van der Waals surface area (Å²) >= 11 is 6.20. The van der Waals surface area contributed by atoms with E-state index in [9.17, 15) is 0 Å². The fraction of sp³-hybridized carbons (Fsp3) is 0.176. The molecule has 0 N–H and O–H groups in total. The Balaban J connectivity index is 2.25. The molecule has 2 aromatic carbocycles. The van der Waals surface area contributed by atoms with Crippen LogP contribution in [0.5, 0.6) is 0 Å². The molecule has 0 spiro atoms. The predicted octanol–water partition coefficient (Wildman–Crippen LogP) is 4.51. The van der Waals surface area contributed by atoms with Crippen LogP contribution in [0.15, 0.2) is 65.7 Å².